The normalized spacial score (nSPS) is 19.3. The Labute approximate surface area is 287 Å². The number of anilines is 2. The lowest BCUT2D eigenvalue weighted by molar-refractivity contribution is -0.134. The molecule has 0 bridgehead atoms. The van der Waals surface area contributed by atoms with E-state index < -0.39 is 0 Å². The summed E-state index contributed by atoms with van der Waals surface area (Å²) in [5, 5.41) is 6.72. The molecule has 3 amide bonds. The highest BCUT2D eigenvalue weighted by atomic mass is 16.2. The maximum atomic E-state index is 13.0. The van der Waals surface area contributed by atoms with Crippen molar-refractivity contribution in [2.24, 2.45) is 0 Å². The number of piperidine rings is 1. The second kappa shape index (κ2) is 14.5. The maximum Gasteiger partial charge on any atom is 0.270 e. The van der Waals surface area contributed by atoms with Crippen LogP contribution in [0, 0.1) is 0 Å². The van der Waals surface area contributed by atoms with Gasteiger partial charge < -0.3 is 19.7 Å². The molecule has 2 aromatic heterocycles. The number of carbonyl (C=O) groups is 3. The number of nitrogens with one attached hydrogen (secondary N) is 2. The average molecular weight is 663 g/mol. The highest BCUT2D eigenvalue weighted by molar-refractivity contribution is 6.01. The quantitative estimate of drug-likeness (QED) is 0.231. The zero-order chi connectivity index (χ0) is 33.9. The van der Waals surface area contributed by atoms with Gasteiger partial charge in [0.15, 0.2) is 0 Å². The number of nitrogens with zero attached hydrogens (tertiary/aromatic N) is 6. The smallest absolute Gasteiger partial charge is 0.270 e. The van der Waals surface area contributed by atoms with E-state index in [1.807, 2.05) is 24.4 Å². The van der Waals surface area contributed by atoms with Gasteiger partial charge in [0.25, 0.3) is 5.91 Å². The summed E-state index contributed by atoms with van der Waals surface area (Å²) in [4.78, 5) is 52.8. The van der Waals surface area contributed by atoms with Crippen LogP contribution >= 0.6 is 0 Å². The number of aromatic nitrogens is 3. The summed E-state index contributed by atoms with van der Waals surface area (Å²) in [5.41, 5.74) is 5.95. The maximum absolute atomic E-state index is 13.0. The van der Waals surface area contributed by atoms with Crippen LogP contribution < -0.4 is 10.6 Å². The highest BCUT2D eigenvalue weighted by Crippen LogP contribution is 2.35. The minimum atomic E-state index is -0.234. The van der Waals surface area contributed by atoms with E-state index in [-0.39, 0.29) is 29.7 Å². The van der Waals surface area contributed by atoms with E-state index in [2.05, 4.69) is 66.4 Å². The zero-order valence-corrected chi connectivity index (χ0v) is 28.5. The van der Waals surface area contributed by atoms with Crippen molar-refractivity contribution in [1.82, 2.24) is 34.6 Å². The minimum Gasteiger partial charge on any atom is -0.343 e. The molecular weight excluding hydrogens is 616 g/mol. The van der Waals surface area contributed by atoms with Gasteiger partial charge in [0, 0.05) is 83.1 Å². The summed E-state index contributed by atoms with van der Waals surface area (Å²) in [5.74, 6) is -0.0703. The predicted molar refractivity (Wildman–Crippen MR) is 190 cm³/mol. The van der Waals surface area contributed by atoms with Crippen molar-refractivity contribution in [2.75, 3.05) is 52.1 Å². The average Bonchev–Trinajstić information content (AvgIpc) is 3.77. The van der Waals surface area contributed by atoms with E-state index in [9.17, 15) is 14.4 Å². The van der Waals surface area contributed by atoms with Crippen molar-refractivity contribution >= 4 is 40.4 Å². The number of fused-ring (bicyclic) bond motifs is 1. The Morgan fingerprint density at radius 1 is 0.918 bits per heavy atom. The van der Waals surface area contributed by atoms with Gasteiger partial charge in [-0.05, 0) is 60.6 Å². The minimum absolute atomic E-state index is 0.00692. The van der Waals surface area contributed by atoms with Crippen molar-refractivity contribution < 1.29 is 14.4 Å². The summed E-state index contributed by atoms with van der Waals surface area (Å²) < 4.78 is 2.14. The SMILES string of the molecule is CN(C)C(=O)c1cc2cnc(Nc3ccc(CCN4CCN(Cc5ccc(C6CCC(=O)NC6=O)cc5)CC4)cc3)nc2n1C1CCCC1. The third-order valence-electron chi connectivity index (χ3n) is 10.3. The lowest BCUT2D eigenvalue weighted by Gasteiger charge is -2.34. The molecule has 4 heterocycles. The summed E-state index contributed by atoms with van der Waals surface area (Å²) in [6.07, 6.45) is 8.25. The van der Waals surface area contributed by atoms with Gasteiger partial charge in [-0.2, -0.15) is 4.98 Å². The number of carbonyl (C=O) groups excluding carboxylic acids is 3. The number of piperazine rings is 1. The standard InChI is InChI=1S/C38H46N8O3/c1-43(2)37(49)33-23-29-24-39-38(42-35(29)46(33)31-5-3-4-6-31)40-30-13-9-26(10-14-30)17-18-44-19-21-45(22-20-44)25-27-7-11-28(12-8-27)32-15-16-34(47)41-36(32)48/h7-14,23-24,31-32H,3-6,15-22,25H2,1-2H3,(H,39,40,42)(H,41,47,48). The van der Waals surface area contributed by atoms with Gasteiger partial charge in [-0.25, -0.2) is 4.98 Å². The van der Waals surface area contributed by atoms with E-state index in [0.717, 1.165) is 80.8 Å². The van der Waals surface area contributed by atoms with Crippen molar-refractivity contribution in [2.45, 2.75) is 63.5 Å². The third-order valence-corrected chi connectivity index (χ3v) is 10.3. The zero-order valence-electron chi connectivity index (χ0n) is 28.5. The molecule has 11 heteroatoms. The van der Waals surface area contributed by atoms with Crippen molar-refractivity contribution in [3.05, 3.63) is 83.2 Å². The van der Waals surface area contributed by atoms with Crippen LogP contribution in [-0.4, -0.2) is 93.8 Å². The topological polar surface area (TPSA) is 116 Å². The molecule has 3 fully saturated rings. The second-order valence-electron chi connectivity index (χ2n) is 13.9. The van der Waals surface area contributed by atoms with Crippen LogP contribution in [0.1, 0.15) is 77.7 Å². The number of benzene rings is 2. The van der Waals surface area contributed by atoms with Gasteiger partial charge >= 0.3 is 0 Å². The molecule has 49 heavy (non-hydrogen) atoms. The van der Waals surface area contributed by atoms with Crippen LogP contribution in [0.4, 0.5) is 11.6 Å². The Balaban J connectivity index is 0.895. The molecule has 1 atom stereocenters. The molecule has 11 nitrogen and oxygen atoms in total. The van der Waals surface area contributed by atoms with Crippen LogP contribution in [-0.2, 0) is 22.6 Å². The Bertz CT molecular complexity index is 1800. The lowest BCUT2D eigenvalue weighted by atomic mass is 9.90. The molecule has 2 aliphatic heterocycles. The first-order valence-electron chi connectivity index (χ1n) is 17.6. The van der Waals surface area contributed by atoms with Gasteiger partial charge in [-0.1, -0.05) is 49.2 Å². The molecule has 0 spiro atoms. The summed E-state index contributed by atoms with van der Waals surface area (Å²) in [7, 11) is 3.58. The third kappa shape index (κ3) is 7.52. The predicted octanol–water partition coefficient (Wildman–Crippen LogP) is 4.87. The molecule has 2 N–H and O–H groups in total. The number of rotatable bonds is 10. The van der Waals surface area contributed by atoms with Gasteiger partial charge in [-0.3, -0.25) is 24.6 Å². The Morgan fingerprint density at radius 2 is 1.61 bits per heavy atom. The van der Waals surface area contributed by atoms with E-state index in [1.165, 1.54) is 24.0 Å². The highest BCUT2D eigenvalue weighted by Gasteiger charge is 2.28. The first-order valence-corrected chi connectivity index (χ1v) is 17.6. The van der Waals surface area contributed by atoms with E-state index >= 15 is 0 Å². The number of hydrogen-bond donors (Lipinski definition) is 2. The molecule has 0 radical (unpaired) electrons. The fraction of sp³-hybridized carbons (Fsp3) is 0.447. The van der Waals surface area contributed by atoms with Crippen molar-refractivity contribution in [3.63, 3.8) is 0 Å². The number of hydrogen-bond acceptors (Lipinski definition) is 8. The summed E-state index contributed by atoms with van der Waals surface area (Å²) in [6, 6.07) is 19.0. The van der Waals surface area contributed by atoms with Gasteiger partial charge in [0.05, 0.1) is 5.92 Å². The van der Waals surface area contributed by atoms with Crippen LogP contribution in [0.25, 0.3) is 11.0 Å². The Morgan fingerprint density at radius 3 is 2.31 bits per heavy atom. The molecule has 1 aliphatic carbocycles. The number of amides is 3. The van der Waals surface area contributed by atoms with Gasteiger partial charge in [0.1, 0.15) is 11.3 Å². The van der Waals surface area contributed by atoms with Crippen molar-refractivity contribution in [1.29, 1.82) is 0 Å². The molecule has 2 saturated heterocycles. The molecule has 1 saturated carbocycles. The molecule has 3 aliphatic rings. The molecule has 1 unspecified atom stereocenters. The van der Waals surface area contributed by atoms with Gasteiger partial charge in [0.2, 0.25) is 17.8 Å². The first-order chi connectivity index (χ1) is 23.8. The lowest BCUT2D eigenvalue weighted by Crippen LogP contribution is -2.46. The largest absolute Gasteiger partial charge is 0.343 e. The summed E-state index contributed by atoms with van der Waals surface area (Å²) >= 11 is 0. The van der Waals surface area contributed by atoms with Crippen LogP contribution in [0.3, 0.4) is 0 Å². The Hall–Kier alpha value is -4.61. The van der Waals surface area contributed by atoms with Gasteiger partial charge in [-0.15, -0.1) is 0 Å². The van der Waals surface area contributed by atoms with Crippen LogP contribution in [0.5, 0.6) is 0 Å². The Kier molecular flexibility index (Phi) is 9.72. The van der Waals surface area contributed by atoms with E-state index in [1.54, 1.807) is 19.0 Å². The first kappa shape index (κ1) is 32.9. The molecular formula is C38H46N8O3. The fourth-order valence-corrected chi connectivity index (χ4v) is 7.46. The molecule has 256 valence electrons. The molecule has 4 aromatic rings. The van der Waals surface area contributed by atoms with Crippen LogP contribution in [0.2, 0.25) is 0 Å². The molecule has 2 aromatic carbocycles. The number of imide groups is 1. The van der Waals surface area contributed by atoms with Crippen molar-refractivity contribution in [3.8, 4) is 0 Å². The summed E-state index contributed by atoms with van der Waals surface area (Å²) in [6.45, 7) is 6.05. The van der Waals surface area contributed by atoms with E-state index in [0.29, 0.717) is 24.5 Å². The molecule has 7 rings (SSSR count). The van der Waals surface area contributed by atoms with E-state index in [4.69, 9.17) is 4.98 Å². The monoisotopic (exact) mass is 662 g/mol. The fourth-order valence-electron chi connectivity index (χ4n) is 7.46. The van der Waals surface area contributed by atoms with Crippen LogP contribution in [0.15, 0.2) is 60.8 Å². The second-order valence-corrected chi connectivity index (χ2v) is 13.9.